The molecule has 3 rings (SSSR count). The molecule has 26 heavy (non-hydrogen) atoms. The number of para-hydroxylation sites is 2. The molecule has 0 aliphatic carbocycles. The van der Waals surface area contributed by atoms with E-state index in [2.05, 4.69) is 9.71 Å². The minimum atomic E-state index is -3.75. The number of thioether (sulfide) groups is 1. The summed E-state index contributed by atoms with van der Waals surface area (Å²) in [7, 11) is -3.75. The van der Waals surface area contributed by atoms with Gasteiger partial charge in [0.05, 0.1) is 11.4 Å². The third-order valence-corrected chi connectivity index (χ3v) is 6.34. The number of fused-ring (bicyclic) bond motifs is 1. The van der Waals surface area contributed by atoms with Crippen molar-refractivity contribution >= 4 is 44.2 Å². The predicted octanol–water partition coefficient (Wildman–Crippen LogP) is 3.25. The van der Waals surface area contributed by atoms with E-state index in [9.17, 15) is 13.2 Å². The standard InChI is InChI=1S/C18H19N3O3S2/c1-3-21-15-10-6-7-11-16(15)26(23,24)20-18(21)25-12-17(22)19-14-9-5-4-8-13(14)2/h4-11H,3,12H2,1-2H3,(H,19,22). The van der Waals surface area contributed by atoms with Crippen LogP contribution in [0, 0.1) is 6.92 Å². The maximum absolute atomic E-state index is 12.4. The van der Waals surface area contributed by atoms with E-state index in [1.54, 1.807) is 24.3 Å². The Morgan fingerprint density at radius 1 is 1.15 bits per heavy atom. The molecular weight excluding hydrogens is 370 g/mol. The highest BCUT2D eigenvalue weighted by atomic mass is 32.2. The van der Waals surface area contributed by atoms with Crippen LogP contribution < -0.4 is 10.2 Å². The summed E-state index contributed by atoms with van der Waals surface area (Å²) in [5.74, 6) is -0.138. The molecule has 0 saturated carbocycles. The second-order valence-corrected chi connectivity index (χ2v) is 8.23. The van der Waals surface area contributed by atoms with Crippen LogP contribution in [0.3, 0.4) is 0 Å². The maximum Gasteiger partial charge on any atom is 0.286 e. The Labute approximate surface area is 157 Å². The van der Waals surface area contributed by atoms with Crippen molar-refractivity contribution in [3.63, 3.8) is 0 Å². The first-order valence-corrected chi connectivity index (χ1v) is 10.5. The van der Waals surface area contributed by atoms with E-state index in [-0.39, 0.29) is 16.6 Å². The highest BCUT2D eigenvalue weighted by Gasteiger charge is 2.30. The lowest BCUT2D eigenvalue weighted by Crippen LogP contribution is -2.34. The zero-order valence-corrected chi connectivity index (χ0v) is 16.1. The Balaban J connectivity index is 1.76. The molecule has 2 aromatic rings. The van der Waals surface area contributed by atoms with Crippen molar-refractivity contribution in [2.45, 2.75) is 18.7 Å². The largest absolute Gasteiger partial charge is 0.325 e. The quantitative estimate of drug-likeness (QED) is 0.868. The topological polar surface area (TPSA) is 78.8 Å². The van der Waals surface area contributed by atoms with Crippen LogP contribution in [0.1, 0.15) is 12.5 Å². The van der Waals surface area contributed by atoms with Crippen LogP contribution in [-0.2, 0) is 14.8 Å². The molecule has 0 bridgehead atoms. The predicted molar refractivity (Wildman–Crippen MR) is 106 cm³/mol. The molecule has 1 amide bonds. The van der Waals surface area contributed by atoms with Crippen molar-refractivity contribution in [3.05, 3.63) is 54.1 Å². The van der Waals surface area contributed by atoms with E-state index < -0.39 is 10.0 Å². The molecule has 1 aliphatic rings. The van der Waals surface area contributed by atoms with Crippen molar-refractivity contribution in [2.24, 2.45) is 4.40 Å². The molecule has 0 saturated heterocycles. The van der Waals surface area contributed by atoms with E-state index in [1.807, 2.05) is 43.0 Å². The monoisotopic (exact) mass is 389 g/mol. The number of rotatable bonds is 4. The summed E-state index contributed by atoms with van der Waals surface area (Å²) in [5, 5.41) is 3.15. The number of amides is 1. The fourth-order valence-electron chi connectivity index (χ4n) is 2.64. The second-order valence-electron chi connectivity index (χ2n) is 5.71. The molecule has 6 nitrogen and oxygen atoms in total. The molecule has 1 aliphatic heterocycles. The lowest BCUT2D eigenvalue weighted by molar-refractivity contribution is -0.113. The Bertz CT molecular complexity index is 971. The van der Waals surface area contributed by atoms with Crippen molar-refractivity contribution in [1.29, 1.82) is 0 Å². The average molecular weight is 390 g/mol. The van der Waals surface area contributed by atoms with Crippen LogP contribution in [0.2, 0.25) is 0 Å². The van der Waals surface area contributed by atoms with Crippen molar-refractivity contribution < 1.29 is 13.2 Å². The number of sulfonamides is 1. The lowest BCUT2D eigenvalue weighted by Gasteiger charge is -2.29. The maximum atomic E-state index is 12.4. The molecule has 0 spiro atoms. The third kappa shape index (κ3) is 3.76. The van der Waals surface area contributed by atoms with Crippen molar-refractivity contribution in [2.75, 3.05) is 22.5 Å². The summed E-state index contributed by atoms with van der Waals surface area (Å²) in [5.41, 5.74) is 2.30. The van der Waals surface area contributed by atoms with Crippen LogP contribution >= 0.6 is 11.8 Å². The molecule has 0 aromatic heterocycles. The number of carbonyl (C=O) groups excluding carboxylic acids is 1. The zero-order valence-electron chi connectivity index (χ0n) is 14.5. The van der Waals surface area contributed by atoms with Gasteiger partial charge in [-0.1, -0.05) is 42.1 Å². The fraction of sp³-hybridized carbons (Fsp3) is 0.222. The van der Waals surface area contributed by atoms with E-state index >= 15 is 0 Å². The van der Waals surface area contributed by atoms with Gasteiger partial charge in [-0.05, 0) is 37.6 Å². The van der Waals surface area contributed by atoms with Crippen molar-refractivity contribution in [3.8, 4) is 0 Å². The number of hydrogen-bond donors (Lipinski definition) is 1. The molecule has 1 heterocycles. The Hall–Kier alpha value is -2.32. The van der Waals surface area contributed by atoms with Gasteiger partial charge in [-0.15, -0.1) is 4.40 Å². The van der Waals surface area contributed by atoms with Gasteiger partial charge in [-0.2, -0.15) is 8.42 Å². The highest BCUT2D eigenvalue weighted by Crippen LogP contribution is 2.33. The molecule has 8 heteroatoms. The highest BCUT2D eigenvalue weighted by molar-refractivity contribution is 8.15. The van der Waals surface area contributed by atoms with Crippen LogP contribution in [0.15, 0.2) is 57.8 Å². The van der Waals surface area contributed by atoms with Crippen LogP contribution in [0.5, 0.6) is 0 Å². The molecule has 0 radical (unpaired) electrons. The van der Waals surface area contributed by atoms with Gasteiger partial charge in [0, 0.05) is 12.2 Å². The minimum absolute atomic E-state index is 0.0708. The number of hydrogen-bond acceptors (Lipinski definition) is 5. The molecule has 136 valence electrons. The number of amidine groups is 1. The number of nitrogens with zero attached hydrogens (tertiary/aromatic N) is 2. The van der Waals surface area contributed by atoms with E-state index in [4.69, 9.17) is 0 Å². The summed E-state index contributed by atoms with van der Waals surface area (Å²) in [6.45, 7) is 4.38. The number of aryl methyl sites for hydroxylation is 1. The smallest absolute Gasteiger partial charge is 0.286 e. The SMILES string of the molecule is CCN1C(SCC(=O)Nc2ccccc2C)=NS(=O)(=O)c2ccccc21. The van der Waals surface area contributed by atoms with Gasteiger partial charge in [-0.25, -0.2) is 0 Å². The molecule has 0 unspecified atom stereocenters. The van der Waals surface area contributed by atoms with Crippen LogP contribution in [0.25, 0.3) is 0 Å². The first-order valence-electron chi connectivity index (χ1n) is 8.12. The number of nitrogens with one attached hydrogen (secondary N) is 1. The Kier molecular flexibility index (Phi) is 5.33. The molecule has 1 N–H and O–H groups in total. The van der Waals surface area contributed by atoms with Crippen LogP contribution in [0.4, 0.5) is 11.4 Å². The molecule has 0 atom stereocenters. The Morgan fingerprint density at radius 3 is 2.58 bits per heavy atom. The zero-order chi connectivity index (χ0) is 18.7. The Morgan fingerprint density at radius 2 is 1.85 bits per heavy atom. The van der Waals surface area contributed by atoms with Gasteiger partial charge in [-0.3, -0.25) is 4.79 Å². The summed E-state index contributed by atoms with van der Waals surface area (Å²) >= 11 is 1.11. The summed E-state index contributed by atoms with van der Waals surface area (Å²) in [6, 6.07) is 14.2. The normalized spacial score (nSPS) is 15.2. The molecular formula is C18H19N3O3S2. The van der Waals surface area contributed by atoms with Gasteiger partial charge in [0.15, 0.2) is 5.17 Å². The molecule has 2 aromatic carbocycles. The first kappa shape index (κ1) is 18.5. The minimum Gasteiger partial charge on any atom is -0.325 e. The summed E-state index contributed by atoms with van der Waals surface area (Å²) < 4.78 is 28.7. The lowest BCUT2D eigenvalue weighted by atomic mass is 10.2. The average Bonchev–Trinajstić information content (AvgIpc) is 2.62. The fourth-order valence-corrected chi connectivity index (χ4v) is 4.96. The number of carbonyl (C=O) groups is 1. The summed E-state index contributed by atoms with van der Waals surface area (Å²) in [4.78, 5) is 14.3. The second kappa shape index (κ2) is 7.51. The van der Waals surface area contributed by atoms with Crippen LogP contribution in [-0.4, -0.2) is 31.8 Å². The van der Waals surface area contributed by atoms with Gasteiger partial charge >= 0.3 is 0 Å². The number of benzene rings is 2. The first-order chi connectivity index (χ1) is 12.4. The molecule has 0 fully saturated rings. The van der Waals surface area contributed by atoms with Crippen molar-refractivity contribution in [1.82, 2.24) is 0 Å². The van der Waals surface area contributed by atoms with E-state index in [1.165, 1.54) is 0 Å². The van der Waals surface area contributed by atoms with Gasteiger partial charge < -0.3 is 10.2 Å². The van der Waals surface area contributed by atoms with E-state index in [0.717, 1.165) is 23.0 Å². The summed E-state index contributed by atoms with van der Waals surface area (Å²) in [6.07, 6.45) is 0. The van der Waals surface area contributed by atoms with Gasteiger partial charge in [0.2, 0.25) is 5.91 Å². The van der Waals surface area contributed by atoms with E-state index in [0.29, 0.717) is 17.4 Å². The number of anilines is 2. The van der Waals surface area contributed by atoms with Gasteiger partial charge in [0.1, 0.15) is 4.90 Å². The van der Waals surface area contributed by atoms with Gasteiger partial charge in [0.25, 0.3) is 10.0 Å². The third-order valence-electron chi connectivity index (χ3n) is 3.93.